The van der Waals surface area contributed by atoms with Gasteiger partial charge in [-0.2, -0.15) is 10.2 Å². The fourth-order valence-corrected chi connectivity index (χ4v) is 10.4. The van der Waals surface area contributed by atoms with Gasteiger partial charge in [-0.15, -0.1) is 10.2 Å². The van der Waals surface area contributed by atoms with Crippen molar-refractivity contribution in [2.75, 3.05) is 0 Å². The van der Waals surface area contributed by atoms with Gasteiger partial charge in [-0.1, -0.05) is 83.1 Å². The highest BCUT2D eigenvalue weighted by Gasteiger charge is 2.35. The summed E-state index contributed by atoms with van der Waals surface area (Å²) in [4.78, 5) is 26.6. The van der Waals surface area contributed by atoms with E-state index in [0.29, 0.717) is 51.6 Å². The molecule has 0 fully saturated rings. The minimum Gasteiger partial charge on any atom is -0.289 e. The molecule has 0 N–H and O–H groups in total. The number of nitrogens with zero attached hydrogens (tertiary/aromatic N) is 4. The second-order valence-electron chi connectivity index (χ2n) is 17.6. The summed E-state index contributed by atoms with van der Waals surface area (Å²) in [5, 5.41) is 17.4. The molecule has 4 rings (SSSR count). The Kier molecular flexibility index (Phi) is 13.3. The van der Waals surface area contributed by atoms with Crippen LogP contribution in [0.25, 0.3) is 0 Å². The third kappa shape index (κ3) is 10.4. The summed E-state index contributed by atoms with van der Waals surface area (Å²) in [6.45, 7) is 24.1. The van der Waals surface area contributed by atoms with Crippen LogP contribution in [0.1, 0.15) is 83.1 Å². The first-order valence-electron chi connectivity index (χ1n) is 17.5. The van der Waals surface area contributed by atoms with Crippen LogP contribution >= 0.6 is 63.7 Å². The molecular weight excluding hydrogens is 976 g/mol. The van der Waals surface area contributed by atoms with Crippen LogP contribution in [0.2, 0.25) is 0 Å². The van der Waals surface area contributed by atoms with Gasteiger partial charge in [0.2, 0.25) is 9.84 Å². The van der Waals surface area contributed by atoms with E-state index in [1.807, 2.05) is 107 Å². The van der Waals surface area contributed by atoms with E-state index in [2.05, 4.69) is 84.2 Å². The van der Waals surface area contributed by atoms with Crippen LogP contribution in [0.3, 0.4) is 0 Å². The molecule has 0 radical (unpaired) electrons. The maximum atomic E-state index is 13.9. The van der Waals surface area contributed by atoms with Crippen molar-refractivity contribution in [2.45, 2.75) is 92.9 Å². The van der Waals surface area contributed by atoms with E-state index in [1.165, 1.54) is 24.3 Å². The van der Waals surface area contributed by atoms with Gasteiger partial charge in [0.15, 0.2) is 11.6 Å². The number of hydrogen-bond donors (Lipinski definition) is 0. The Hall–Kier alpha value is -2.71. The zero-order valence-corrected chi connectivity index (χ0v) is 40.3. The van der Waals surface area contributed by atoms with Gasteiger partial charge in [-0.3, -0.25) is 9.59 Å². The molecule has 0 saturated carbocycles. The van der Waals surface area contributed by atoms with Crippen molar-refractivity contribution in [2.24, 2.45) is 42.1 Å². The Labute approximate surface area is 359 Å². The Morgan fingerprint density at radius 2 is 0.709 bits per heavy atom. The molecule has 292 valence electrons. The monoisotopic (exact) mass is 1020 g/mol. The topological polar surface area (TPSA) is 118 Å². The quantitative estimate of drug-likeness (QED) is 0.268. The zero-order chi connectivity index (χ0) is 41.6. The molecule has 0 amide bonds. The summed E-state index contributed by atoms with van der Waals surface area (Å²) in [5.41, 5.74) is 3.61. The molecule has 2 aromatic rings. The van der Waals surface area contributed by atoms with E-state index in [9.17, 15) is 18.0 Å². The number of benzene rings is 2. The fourth-order valence-electron chi connectivity index (χ4n) is 5.71. The number of allylic oxidation sites excluding steroid dienone is 10. The Morgan fingerprint density at radius 1 is 0.473 bits per heavy atom. The molecule has 0 aliphatic heterocycles. The third-order valence-electron chi connectivity index (χ3n) is 8.79. The lowest BCUT2D eigenvalue weighted by Crippen LogP contribution is -2.27. The van der Waals surface area contributed by atoms with Crippen LogP contribution in [0, 0.1) is 21.7 Å². The predicted molar refractivity (Wildman–Crippen MR) is 234 cm³/mol. The molecule has 2 aliphatic rings. The summed E-state index contributed by atoms with van der Waals surface area (Å²) in [7, 11) is -4.01. The molecular formula is C42H46Br4N4O4S. The average molecular weight is 1020 g/mol. The summed E-state index contributed by atoms with van der Waals surface area (Å²) in [5.74, 6) is 0.0577. The number of hydrogen-bond acceptors (Lipinski definition) is 8. The smallest absolute Gasteiger partial charge is 0.206 e. The van der Waals surface area contributed by atoms with Crippen molar-refractivity contribution >= 4 is 96.5 Å². The van der Waals surface area contributed by atoms with Crippen molar-refractivity contribution in [3.63, 3.8) is 0 Å². The summed E-state index contributed by atoms with van der Waals surface area (Å²) < 4.78 is 29.5. The Bertz CT molecular complexity index is 2060. The SMILES string of the molecule is CC(C)(C)C1=CC(=CN=Nc2c(Br)cc(S(=O)(=O)c3cc(Br)c(N=NC=C4C=C(C(C)(C)C)C(=O)C(C(C)(C)C)=C4)c(Br)c3)cc2Br)C=C(C(C)(C)C)C1=O. The van der Waals surface area contributed by atoms with Crippen molar-refractivity contribution in [3.8, 4) is 0 Å². The average Bonchev–Trinajstić information content (AvgIpc) is 3.02. The van der Waals surface area contributed by atoms with E-state index in [1.54, 1.807) is 12.4 Å². The Balaban J connectivity index is 1.64. The van der Waals surface area contributed by atoms with Crippen LogP contribution in [-0.2, 0) is 19.4 Å². The van der Waals surface area contributed by atoms with Crippen molar-refractivity contribution in [3.05, 3.63) is 112 Å². The van der Waals surface area contributed by atoms with Crippen molar-refractivity contribution in [1.29, 1.82) is 0 Å². The molecule has 2 aliphatic carbocycles. The molecule has 0 unspecified atom stereocenters. The highest BCUT2D eigenvalue weighted by molar-refractivity contribution is 9.11. The number of halogens is 4. The standard InChI is InChI=1S/C42H46Br4N4O4S/c1-39(2,3)27-13-23(14-28(37(27)51)40(4,5)6)21-47-49-35-31(43)17-25(18-32(35)44)55(53,54)26-19-33(45)36(34(46)20-26)50-48-22-24-15-29(41(7,8)9)38(52)30(16-24)42(10,11)12/h13-22H,1-12H3. The minimum absolute atomic E-state index is 0.0255. The molecule has 0 heterocycles. The molecule has 2 aromatic carbocycles. The van der Waals surface area contributed by atoms with E-state index in [-0.39, 0.29) is 43.0 Å². The lowest BCUT2D eigenvalue weighted by Gasteiger charge is -2.31. The predicted octanol–water partition coefficient (Wildman–Crippen LogP) is 14.6. The van der Waals surface area contributed by atoms with Crippen molar-refractivity contribution in [1.82, 2.24) is 0 Å². The maximum absolute atomic E-state index is 13.9. The number of Topliss-reactive ketones (excluding diaryl/α,β-unsaturated/α-hetero) is 2. The number of carbonyl (C=O) groups excluding carboxylic acids is 2. The first kappa shape index (κ1) is 45.0. The molecule has 0 saturated heterocycles. The van der Waals surface area contributed by atoms with Gasteiger partial charge in [0.25, 0.3) is 0 Å². The van der Waals surface area contributed by atoms with E-state index in [4.69, 9.17) is 0 Å². The summed E-state index contributed by atoms with van der Waals surface area (Å²) >= 11 is 13.9. The molecule has 13 heteroatoms. The van der Waals surface area contributed by atoms with Gasteiger partial charge in [0.1, 0.15) is 11.4 Å². The summed E-state index contributed by atoms with van der Waals surface area (Å²) in [6.07, 6.45) is 10.6. The minimum atomic E-state index is -4.01. The molecule has 0 aromatic heterocycles. The highest BCUT2D eigenvalue weighted by atomic mass is 79.9. The maximum Gasteiger partial charge on any atom is 0.206 e. The van der Waals surface area contributed by atoms with Crippen LogP contribution < -0.4 is 0 Å². The molecule has 0 atom stereocenters. The van der Waals surface area contributed by atoms with Gasteiger partial charge < -0.3 is 0 Å². The van der Waals surface area contributed by atoms with Crippen LogP contribution in [0.15, 0.2) is 143 Å². The molecule has 0 spiro atoms. The Morgan fingerprint density at radius 3 is 0.927 bits per heavy atom. The van der Waals surface area contributed by atoms with Gasteiger partial charge >= 0.3 is 0 Å². The third-order valence-corrected chi connectivity index (χ3v) is 12.9. The number of rotatable bonds is 6. The van der Waals surface area contributed by atoms with Crippen LogP contribution in [0.4, 0.5) is 11.4 Å². The van der Waals surface area contributed by atoms with E-state index in [0.717, 1.165) is 11.1 Å². The van der Waals surface area contributed by atoms with Crippen LogP contribution in [0.5, 0.6) is 0 Å². The van der Waals surface area contributed by atoms with Crippen molar-refractivity contribution < 1.29 is 18.0 Å². The van der Waals surface area contributed by atoms with Gasteiger partial charge in [-0.25, -0.2) is 8.42 Å². The van der Waals surface area contributed by atoms with Gasteiger partial charge in [0, 0.05) is 40.2 Å². The fraction of sp³-hybridized carbons (Fsp3) is 0.381. The largest absolute Gasteiger partial charge is 0.289 e. The molecule has 55 heavy (non-hydrogen) atoms. The van der Waals surface area contributed by atoms with E-state index >= 15 is 0 Å². The first-order valence-corrected chi connectivity index (χ1v) is 22.1. The first-order chi connectivity index (χ1) is 25.0. The van der Waals surface area contributed by atoms with Gasteiger partial charge in [0.05, 0.1) is 22.2 Å². The molecule has 0 bridgehead atoms. The molecule has 8 nitrogen and oxygen atoms in total. The second kappa shape index (κ2) is 16.3. The zero-order valence-electron chi connectivity index (χ0n) is 33.1. The normalized spacial score (nSPS) is 16.4. The second-order valence-corrected chi connectivity index (χ2v) is 22.9. The lowest BCUT2D eigenvalue weighted by atomic mass is 9.72. The number of sulfone groups is 1. The van der Waals surface area contributed by atoms with Gasteiger partial charge in [-0.05, 0) is 145 Å². The summed E-state index contributed by atoms with van der Waals surface area (Å²) in [6, 6.07) is 5.91. The highest BCUT2D eigenvalue weighted by Crippen LogP contribution is 2.43. The van der Waals surface area contributed by atoms with Crippen LogP contribution in [-0.4, -0.2) is 20.0 Å². The van der Waals surface area contributed by atoms with E-state index < -0.39 is 9.84 Å². The lowest BCUT2D eigenvalue weighted by molar-refractivity contribution is -0.114. The number of ketones is 2. The number of carbonyl (C=O) groups is 2. The number of azo groups is 2.